The Hall–Kier alpha value is -1.97. The van der Waals surface area contributed by atoms with E-state index in [0.717, 1.165) is 30.4 Å². The van der Waals surface area contributed by atoms with Gasteiger partial charge >= 0.3 is 5.97 Å². The lowest BCUT2D eigenvalue weighted by Gasteiger charge is -2.20. The Morgan fingerprint density at radius 1 is 1.16 bits per heavy atom. The van der Waals surface area contributed by atoms with Crippen molar-refractivity contribution < 1.29 is 19.4 Å². The Morgan fingerprint density at radius 2 is 1.89 bits per heavy atom. The van der Waals surface area contributed by atoms with Crippen molar-refractivity contribution in [2.24, 2.45) is 0 Å². The summed E-state index contributed by atoms with van der Waals surface area (Å²) in [5.41, 5.74) is 2.26. The molecular weight excluding hydrogens is 244 g/mol. The highest BCUT2D eigenvalue weighted by atomic mass is 16.5. The summed E-state index contributed by atoms with van der Waals surface area (Å²) in [5.74, 6) is 0.538. The van der Waals surface area contributed by atoms with E-state index in [2.05, 4.69) is 0 Å². The minimum Gasteiger partial charge on any atom is -0.497 e. The number of aliphatic carboxylic acids is 1. The maximum absolute atomic E-state index is 11.3. The van der Waals surface area contributed by atoms with Gasteiger partial charge in [-0.05, 0) is 43.4 Å². The van der Waals surface area contributed by atoms with E-state index < -0.39 is 5.97 Å². The zero-order valence-electron chi connectivity index (χ0n) is 11.2. The predicted molar refractivity (Wildman–Crippen MR) is 72.6 cm³/mol. The molecule has 19 heavy (non-hydrogen) atoms. The molecule has 0 heterocycles. The number of hydrogen-bond acceptors (Lipinski definition) is 3. The van der Waals surface area contributed by atoms with Crippen LogP contribution in [0, 0.1) is 0 Å². The van der Waals surface area contributed by atoms with Crippen LogP contribution in [0.5, 0.6) is 11.5 Å². The van der Waals surface area contributed by atoms with E-state index in [-0.39, 0.29) is 0 Å². The molecule has 0 bridgehead atoms. The number of ether oxygens (including phenoxy) is 2. The lowest BCUT2D eigenvalue weighted by Crippen LogP contribution is -2.09. The molecule has 4 heteroatoms. The van der Waals surface area contributed by atoms with Crippen LogP contribution in [0.3, 0.4) is 0 Å². The Bertz CT molecular complexity index is 517. The first-order valence-electron chi connectivity index (χ1n) is 6.35. The normalized spacial score (nSPS) is 15.3. The van der Waals surface area contributed by atoms with Crippen molar-refractivity contribution in [2.45, 2.75) is 25.7 Å². The van der Waals surface area contributed by atoms with Crippen molar-refractivity contribution in [3.8, 4) is 11.5 Å². The first-order valence-corrected chi connectivity index (χ1v) is 6.35. The van der Waals surface area contributed by atoms with Gasteiger partial charge in [0.25, 0.3) is 0 Å². The van der Waals surface area contributed by atoms with Crippen molar-refractivity contribution in [1.82, 2.24) is 0 Å². The summed E-state index contributed by atoms with van der Waals surface area (Å²) in [6, 6.07) is 5.50. The van der Waals surface area contributed by atoms with Crippen LogP contribution in [0.25, 0.3) is 5.57 Å². The molecule has 1 aliphatic carbocycles. The molecule has 0 fully saturated rings. The van der Waals surface area contributed by atoms with Crippen LogP contribution in [0.15, 0.2) is 23.8 Å². The maximum atomic E-state index is 11.3. The second kappa shape index (κ2) is 5.78. The minimum absolute atomic E-state index is 0.509. The summed E-state index contributed by atoms with van der Waals surface area (Å²) in [7, 11) is 3.18. The third-order valence-electron chi connectivity index (χ3n) is 3.46. The largest absolute Gasteiger partial charge is 0.497 e. The Kier molecular flexibility index (Phi) is 4.10. The smallest absolute Gasteiger partial charge is 0.331 e. The van der Waals surface area contributed by atoms with Gasteiger partial charge in [-0.1, -0.05) is 0 Å². The van der Waals surface area contributed by atoms with Crippen LogP contribution in [-0.4, -0.2) is 25.3 Å². The van der Waals surface area contributed by atoms with Crippen LogP contribution in [-0.2, 0) is 4.79 Å². The van der Waals surface area contributed by atoms with E-state index in [9.17, 15) is 9.90 Å². The van der Waals surface area contributed by atoms with Crippen LogP contribution in [0.4, 0.5) is 0 Å². The van der Waals surface area contributed by atoms with Gasteiger partial charge in [0.15, 0.2) is 0 Å². The summed E-state index contributed by atoms with van der Waals surface area (Å²) < 4.78 is 10.5. The zero-order chi connectivity index (χ0) is 13.8. The first kappa shape index (κ1) is 13.5. The third kappa shape index (κ3) is 2.72. The lowest BCUT2D eigenvalue weighted by molar-refractivity contribution is -0.132. The molecule has 0 radical (unpaired) electrons. The molecule has 1 aromatic carbocycles. The van der Waals surface area contributed by atoms with Gasteiger partial charge in [-0.2, -0.15) is 0 Å². The van der Waals surface area contributed by atoms with Crippen molar-refractivity contribution >= 4 is 11.5 Å². The Morgan fingerprint density at radius 3 is 2.53 bits per heavy atom. The minimum atomic E-state index is -0.826. The standard InChI is InChI=1S/C15H18O4/c1-18-10-7-8-12(14(9-10)19-2)11-5-3-4-6-13(11)15(16)17/h7-9H,3-6H2,1-2H3,(H,16,17). The van der Waals surface area contributed by atoms with E-state index in [1.807, 2.05) is 12.1 Å². The highest BCUT2D eigenvalue weighted by molar-refractivity contribution is 5.97. The summed E-state index contributed by atoms with van der Waals surface area (Å²) in [6.07, 6.45) is 3.36. The van der Waals surface area contributed by atoms with Gasteiger partial charge < -0.3 is 14.6 Å². The quantitative estimate of drug-likeness (QED) is 0.905. The van der Waals surface area contributed by atoms with E-state index in [1.165, 1.54) is 0 Å². The van der Waals surface area contributed by atoms with Crippen molar-refractivity contribution in [3.63, 3.8) is 0 Å². The number of carboxylic acid groups (broad SMARTS) is 1. The van der Waals surface area contributed by atoms with E-state index in [4.69, 9.17) is 9.47 Å². The highest BCUT2D eigenvalue weighted by Gasteiger charge is 2.22. The molecule has 4 nitrogen and oxygen atoms in total. The molecule has 102 valence electrons. The fourth-order valence-corrected chi connectivity index (χ4v) is 2.49. The number of carbonyl (C=O) groups is 1. The topological polar surface area (TPSA) is 55.8 Å². The first-order chi connectivity index (χ1) is 9.17. The third-order valence-corrected chi connectivity index (χ3v) is 3.46. The molecule has 1 aromatic rings. The van der Waals surface area contributed by atoms with Gasteiger partial charge in [0.2, 0.25) is 0 Å². The molecule has 0 spiro atoms. The molecule has 0 atom stereocenters. The van der Waals surface area contributed by atoms with Crippen LogP contribution < -0.4 is 9.47 Å². The van der Waals surface area contributed by atoms with E-state index in [1.54, 1.807) is 20.3 Å². The van der Waals surface area contributed by atoms with Gasteiger partial charge in [-0.15, -0.1) is 0 Å². The number of carboxylic acids is 1. The summed E-state index contributed by atoms with van der Waals surface area (Å²) in [6.45, 7) is 0. The van der Waals surface area contributed by atoms with Crippen molar-refractivity contribution in [1.29, 1.82) is 0 Å². The molecule has 0 saturated carbocycles. The van der Waals surface area contributed by atoms with Gasteiger partial charge in [0.05, 0.1) is 14.2 Å². The summed E-state index contributed by atoms with van der Waals surface area (Å²) >= 11 is 0. The number of allylic oxidation sites excluding steroid dienone is 1. The Labute approximate surface area is 112 Å². The molecule has 1 N–H and O–H groups in total. The second-order valence-corrected chi connectivity index (χ2v) is 4.54. The van der Waals surface area contributed by atoms with Crippen LogP contribution in [0.1, 0.15) is 31.2 Å². The SMILES string of the molecule is COc1ccc(C2=C(C(=O)O)CCCC2)c(OC)c1. The number of rotatable bonds is 4. The number of hydrogen-bond donors (Lipinski definition) is 1. The lowest BCUT2D eigenvalue weighted by atomic mass is 9.87. The molecule has 0 aromatic heterocycles. The Balaban J connectivity index is 2.52. The molecular formula is C15H18O4. The zero-order valence-corrected chi connectivity index (χ0v) is 11.2. The fraction of sp³-hybridized carbons (Fsp3) is 0.400. The average molecular weight is 262 g/mol. The summed E-state index contributed by atoms with van der Waals surface area (Å²) in [4.78, 5) is 11.3. The van der Waals surface area contributed by atoms with Gasteiger partial charge in [0.1, 0.15) is 11.5 Å². The average Bonchev–Trinajstić information content (AvgIpc) is 2.46. The molecule has 2 rings (SSSR count). The van der Waals surface area contributed by atoms with Gasteiger partial charge in [-0.25, -0.2) is 4.79 Å². The molecule has 0 aliphatic heterocycles. The van der Waals surface area contributed by atoms with Crippen LogP contribution in [0.2, 0.25) is 0 Å². The van der Waals surface area contributed by atoms with Gasteiger partial charge in [0, 0.05) is 17.2 Å². The molecule has 0 saturated heterocycles. The van der Waals surface area contributed by atoms with E-state index in [0.29, 0.717) is 23.5 Å². The van der Waals surface area contributed by atoms with Gasteiger partial charge in [-0.3, -0.25) is 0 Å². The maximum Gasteiger partial charge on any atom is 0.331 e. The highest BCUT2D eigenvalue weighted by Crippen LogP contribution is 2.38. The van der Waals surface area contributed by atoms with E-state index >= 15 is 0 Å². The van der Waals surface area contributed by atoms with Crippen molar-refractivity contribution in [3.05, 3.63) is 29.3 Å². The number of methoxy groups -OCH3 is 2. The second-order valence-electron chi connectivity index (χ2n) is 4.54. The fourth-order valence-electron chi connectivity index (χ4n) is 2.49. The van der Waals surface area contributed by atoms with Crippen LogP contribution >= 0.6 is 0 Å². The molecule has 0 unspecified atom stereocenters. The van der Waals surface area contributed by atoms with Crippen molar-refractivity contribution in [2.75, 3.05) is 14.2 Å². The molecule has 1 aliphatic rings. The monoisotopic (exact) mass is 262 g/mol. The summed E-state index contributed by atoms with van der Waals surface area (Å²) in [5, 5.41) is 9.31. The number of benzene rings is 1. The molecule has 0 amide bonds. The predicted octanol–water partition coefficient (Wildman–Crippen LogP) is 3.12.